The van der Waals surface area contributed by atoms with Crippen molar-refractivity contribution >= 4 is 11.9 Å². The Bertz CT molecular complexity index is 888. The molecule has 3 amide bonds. The van der Waals surface area contributed by atoms with Crippen molar-refractivity contribution in [1.82, 2.24) is 10.2 Å². The van der Waals surface area contributed by atoms with Gasteiger partial charge in [0.15, 0.2) is 0 Å². The molecule has 5 heteroatoms. The summed E-state index contributed by atoms with van der Waals surface area (Å²) in [5.41, 5.74) is 3.42. The fourth-order valence-corrected chi connectivity index (χ4v) is 4.29. The molecular formula is C22H24N2O3. The summed E-state index contributed by atoms with van der Waals surface area (Å²) < 4.78 is 5.80. The lowest BCUT2D eigenvalue weighted by Crippen LogP contribution is -2.46. The zero-order chi connectivity index (χ0) is 19.0. The molecule has 0 bridgehead atoms. The Kier molecular flexibility index (Phi) is 4.38. The van der Waals surface area contributed by atoms with Gasteiger partial charge in [-0.3, -0.25) is 9.69 Å². The molecule has 2 aromatic rings. The number of carbonyl (C=O) groups excluding carboxylic acids is 2. The van der Waals surface area contributed by atoms with Crippen molar-refractivity contribution in [2.75, 3.05) is 13.2 Å². The van der Waals surface area contributed by atoms with E-state index in [0.29, 0.717) is 6.42 Å². The van der Waals surface area contributed by atoms with Crippen molar-refractivity contribution in [3.63, 3.8) is 0 Å². The second-order valence-electron chi connectivity index (χ2n) is 7.47. The van der Waals surface area contributed by atoms with Gasteiger partial charge in [0, 0.05) is 0 Å². The second kappa shape index (κ2) is 6.72. The number of nitrogens with one attached hydrogen (secondary N) is 1. The van der Waals surface area contributed by atoms with Gasteiger partial charge in [-0.05, 0) is 67.5 Å². The predicted molar refractivity (Wildman–Crippen MR) is 103 cm³/mol. The summed E-state index contributed by atoms with van der Waals surface area (Å²) in [6.45, 7) is 4.55. The molecule has 2 aliphatic rings. The molecular weight excluding hydrogens is 340 g/mol. The van der Waals surface area contributed by atoms with Crippen LogP contribution in [0.3, 0.4) is 0 Å². The Labute approximate surface area is 159 Å². The van der Waals surface area contributed by atoms with Crippen molar-refractivity contribution in [2.24, 2.45) is 0 Å². The molecule has 1 aliphatic heterocycles. The van der Waals surface area contributed by atoms with Crippen LogP contribution in [0.15, 0.2) is 42.5 Å². The van der Waals surface area contributed by atoms with Gasteiger partial charge in [-0.1, -0.05) is 30.3 Å². The van der Waals surface area contributed by atoms with E-state index >= 15 is 0 Å². The highest BCUT2D eigenvalue weighted by Crippen LogP contribution is 2.39. The lowest BCUT2D eigenvalue weighted by Gasteiger charge is -2.33. The number of urea groups is 1. The number of ether oxygens (including phenoxy) is 1. The van der Waals surface area contributed by atoms with Crippen LogP contribution in [-0.4, -0.2) is 30.0 Å². The van der Waals surface area contributed by atoms with Gasteiger partial charge in [-0.15, -0.1) is 0 Å². The number of nitrogens with zero attached hydrogens (tertiary/aromatic N) is 1. The first-order valence-corrected chi connectivity index (χ1v) is 9.43. The lowest BCUT2D eigenvalue weighted by atomic mass is 9.76. The maximum absolute atomic E-state index is 13.2. The molecule has 1 saturated heterocycles. The number of amides is 3. The minimum Gasteiger partial charge on any atom is -0.492 e. The fraction of sp³-hybridized carbons (Fsp3) is 0.364. The van der Waals surface area contributed by atoms with E-state index in [1.165, 1.54) is 4.90 Å². The molecule has 140 valence electrons. The third-order valence-corrected chi connectivity index (χ3v) is 5.43. The van der Waals surface area contributed by atoms with E-state index in [9.17, 15) is 9.59 Å². The number of imide groups is 1. The number of hydrogen-bond donors (Lipinski definition) is 1. The molecule has 0 unspecified atom stereocenters. The summed E-state index contributed by atoms with van der Waals surface area (Å²) in [7, 11) is 0. The Balaban J connectivity index is 1.49. The van der Waals surface area contributed by atoms with Crippen LogP contribution >= 0.6 is 0 Å². The van der Waals surface area contributed by atoms with Crippen molar-refractivity contribution in [1.29, 1.82) is 0 Å². The minimum atomic E-state index is -0.911. The van der Waals surface area contributed by atoms with E-state index in [2.05, 4.69) is 11.4 Å². The van der Waals surface area contributed by atoms with Crippen LogP contribution < -0.4 is 10.1 Å². The van der Waals surface area contributed by atoms with Gasteiger partial charge in [0.2, 0.25) is 0 Å². The molecule has 1 spiro atoms. The summed E-state index contributed by atoms with van der Waals surface area (Å²) in [5, 5.41) is 2.97. The summed E-state index contributed by atoms with van der Waals surface area (Å²) in [6.07, 6.45) is 2.47. The number of benzene rings is 2. The Hall–Kier alpha value is -2.82. The van der Waals surface area contributed by atoms with Crippen molar-refractivity contribution in [3.8, 4) is 5.75 Å². The highest BCUT2D eigenvalue weighted by Gasteiger charge is 2.53. The molecule has 0 aromatic heterocycles. The summed E-state index contributed by atoms with van der Waals surface area (Å²) in [6, 6.07) is 13.6. The van der Waals surface area contributed by atoms with Gasteiger partial charge in [0.05, 0.1) is 6.54 Å². The van der Waals surface area contributed by atoms with Gasteiger partial charge >= 0.3 is 6.03 Å². The van der Waals surface area contributed by atoms with Gasteiger partial charge in [0.25, 0.3) is 5.91 Å². The Morgan fingerprint density at radius 3 is 2.63 bits per heavy atom. The first-order chi connectivity index (χ1) is 13.0. The number of carbonyl (C=O) groups is 2. The molecule has 1 aliphatic carbocycles. The second-order valence-corrected chi connectivity index (χ2v) is 7.47. The monoisotopic (exact) mass is 364 g/mol. The van der Waals surface area contributed by atoms with Crippen LogP contribution in [0.1, 0.15) is 35.1 Å². The molecule has 4 rings (SSSR count). The third kappa shape index (κ3) is 3.07. The van der Waals surface area contributed by atoms with E-state index in [1.54, 1.807) is 0 Å². The quantitative estimate of drug-likeness (QED) is 0.845. The predicted octanol–water partition coefficient (Wildman–Crippen LogP) is 3.47. The molecule has 0 radical (unpaired) electrons. The summed E-state index contributed by atoms with van der Waals surface area (Å²) in [4.78, 5) is 27.0. The SMILES string of the molecule is Cc1cc(C)cc(OCCN2C(=O)N[C@@]3(CCCc4ccccc43)C2=O)c1. The van der Waals surface area contributed by atoms with Crippen LogP contribution in [0.2, 0.25) is 0 Å². The molecule has 1 heterocycles. The number of aryl methyl sites for hydroxylation is 3. The molecule has 1 fully saturated rings. The van der Waals surface area contributed by atoms with E-state index in [4.69, 9.17) is 4.74 Å². The molecule has 2 aromatic carbocycles. The standard InChI is InChI=1S/C22H24N2O3/c1-15-12-16(2)14-18(13-15)27-11-10-24-20(25)22(23-21(24)26)9-5-7-17-6-3-4-8-19(17)22/h3-4,6,8,12-14H,5,7,9-11H2,1-2H3,(H,23,26)/t22-/m1/s1. The highest BCUT2D eigenvalue weighted by atomic mass is 16.5. The normalized spacial score (nSPS) is 21.3. The van der Waals surface area contributed by atoms with Crippen LogP contribution in [0.25, 0.3) is 0 Å². The third-order valence-electron chi connectivity index (χ3n) is 5.43. The summed E-state index contributed by atoms with van der Waals surface area (Å²) >= 11 is 0. The number of hydrogen-bond acceptors (Lipinski definition) is 3. The minimum absolute atomic E-state index is 0.163. The van der Waals surface area contributed by atoms with Gasteiger partial charge in [0.1, 0.15) is 17.9 Å². The van der Waals surface area contributed by atoms with Crippen LogP contribution in [0, 0.1) is 13.8 Å². The van der Waals surface area contributed by atoms with Crippen molar-refractivity contribution < 1.29 is 14.3 Å². The topological polar surface area (TPSA) is 58.6 Å². The van der Waals surface area contributed by atoms with E-state index in [0.717, 1.165) is 40.8 Å². The first kappa shape index (κ1) is 17.6. The molecule has 1 atom stereocenters. The Morgan fingerprint density at radius 2 is 1.85 bits per heavy atom. The molecule has 1 N–H and O–H groups in total. The maximum atomic E-state index is 13.2. The van der Waals surface area contributed by atoms with Crippen molar-refractivity contribution in [2.45, 2.75) is 38.6 Å². The summed E-state index contributed by atoms with van der Waals surface area (Å²) in [5.74, 6) is 0.598. The largest absolute Gasteiger partial charge is 0.492 e. The zero-order valence-electron chi connectivity index (χ0n) is 15.7. The maximum Gasteiger partial charge on any atom is 0.325 e. The number of fused-ring (bicyclic) bond motifs is 2. The van der Waals surface area contributed by atoms with E-state index in [1.807, 2.05) is 50.2 Å². The molecule has 5 nitrogen and oxygen atoms in total. The van der Waals surface area contributed by atoms with E-state index in [-0.39, 0.29) is 25.1 Å². The lowest BCUT2D eigenvalue weighted by molar-refractivity contribution is -0.132. The number of rotatable bonds is 4. The zero-order valence-corrected chi connectivity index (χ0v) is 15.7. The molecule has 0 saturated carbocycles. The average molecular weight is 364 g/mol. The molecule has 27 heavy (non-hydrogen) atoms. The Morgan fingerprint density at radius 1 is 1.11 bits per heavy atom. The van der Waals surface area contributed by atoms with Gasteiger partial charge < -0.3 is 10.1 Å². The van der Waals surface area contributed by atoms with Crippen LogP contribution in [0.5, 0.6) is 5.75 Å². The smallest absolute Gasteiger partial charge is 0.325 e. The van der Waals surface area contributed by atoms with Crippen molar-refractivity contribution in [3.05, 3.63) is 64.7 Å². The first-order valence-electron chi connectivity index (χ1n) is 9.43. The van der Waals surface area contributed by atoms with Crippen LogP contribution in [-0.2, 0) is 16.8 Å². The average Bonchev–Trinajstić information content (AvgIpc) is 2.86. The fourth-order valence-electron chi connectivity index (χ4n) is 4.29. The van der Waals surface area contributed by atoms with E-state index < -0.39 is 5.54 Å². The van der Waals surface area contributed by atoms with Gasteiger partial charge in [-0.2, -0.15) is 0 Å². The van der Waals surface area contributed by atoms with Crippen LogP contribution in [0.4, 0.5) is 4.79 Å². The highest BCUT2D eigenvalue weighted by molar-refractivity contribution is 6.07. The van der Waals surface area contributed by atoms with Gasteiger partial charge in [-0.25, -0.2) is 4.79 Å².